The van der Waals surface area contributed by atoms with E-state index >= 15 is 0 Å². The summed E-state index contributed by atoms with van der Waals surface area (Å²) < 4.78 is 25.6. The van der Waals surface area contributed by atoms with Gasteiger partial charge in [0.2, 0.25) is 10.0 Å². The van der Waals surface area contributed by atoms with Crippen LogP contribution in [0.1, 0.15) is 34.3 Å². The molecule has 1 fully saturated rings. The minimum absolute atomic E-state index is 0.0823. The van der Waals surface area contributed by atoms with E-state index in [2.05, 4.69) is 4.72 Å². The maximum Gasteiger partial charge on any atom is 0.254 e. The standard InChI is InChI=1S/C20H23ClN2O3S/c1-14-9-10-16(13-19(14)22-27(2,25)26)20(24)23-11-5-7-17(23)12-15-6-3-4-8-18(15)21/h3-4,6,8-10,13,17,22H,5,7,11-12H2,1-2H3. The summed E-state index contributed by atoms with van der Waals surface area (Å²) in [6, 6.07) is 12.9. The van der Waals surface area contributed by atoms with Gasteiger partial charge in [-0.1, -0.05) is 35.9 Å². The molecule has 144 valence electrons. The lowest BCUT2D eigenvalue weighted by atomic mass is 10.0. The fraction of sp³-hybridized carbons (Fsp3) is 0.350. The molecule has 7 heteroatoms. The van der Waals surface area contributed by atoms with Crippen LogP contribution in [-0.2, 0) is 16.4 Å². The van der Waals surface area contributed by atoms with E-state index in [1.807, 2.05) is 29.2 Å². The predicted molar refractivity (Wildman–Crippen MR) is 109 cm³/mol. The molecule has 1 amide bonds. The number of carbonyl (C=O) groups excluding carboxylic acids is 1. The first-order valence-corrected chi connectivity index (χ1v) is 11.1. The van der Waals surface area contributed by atoms with Gasteiger partial charge < -0.3 is 4.90 Å². The van der Waals surface area contributed by atoms with Crippen LogP contribution in [0.3, 0.4) is 0 Å². The Morgan fingerprint density at radius 3 is 2.70 bits per heavy atom. The van der Waals surface area contributed by atoms with Crippen molar-refractivity contribution in [3.8, 4) is 0 Å². The van der Waals surface area contributed by atoms with Gasteiger partial charge in [0.15, 0.2) is 0 Å². The van der Waals surface area contributed by atoms with Crippen LogP contribution >= 0.6 is 11.6 Å². The van der Waals surface area contributed by atoms with Gasteiger partial charge in [-0.05, 0) is 55.5 Å². The lowest BCUT2D eigenvalue weighted by Crippen LogP contribution is -2.37. The molecule has 1 aliphatic heterocycles. The summed E-state index contributed by atoms with van der Waals surface area (Å²) in [4.78, 5) is 15.0. The van der Waals surface area contributed by atoms with Crippen LogP contribution in [0, 0.1) is 6.92 Å². The Labute approximate surface area is 165 Å². The third-order valence-corrected chi connectivity index (χ3v) is 5.79. The molecule has 0 saturated carbocycles. The summed E-state index contributed by atoms with van der Waals surface area (Å²) in [6.07, 6.45) is 3.69. The van der Waals surface area contributed by atoms with Crippen LogP contribution in [0.25, 0.3) is 0 Å². The van der Waals surface area contributed by atoms with Crippen LogP contribution in [-0.4, -0.2) is 38.1 Å². The van der Waals surface area contributed by atoms with Gasteiger partial charge >= 0.3 is 0 Å². The second kappa shape index (κ2) is 7.90. The number of halogens is 1. The summed E-state index contributed by atoms with van der Waals surface area (Å²) in [7, 11) is -3.41. The first-order valence-electron chi connectivity index (χ1n) is 8.87. The summed E-state index contributed by atoms with van der Waals surface area (Å²) in [5.74, 6) is -0.0823. The Morgan fingerprint density at radius 1 is 1.26 bits per heavy atom. The first kappa shape index (κ1) is 19.7. The number of hydrogen-bond donors (Lipinski definition) is 1. The smallest absolute Gasteiger partial charge is 0.254 e. The molecule has 5 nitrogen and oxygen atoms in total. The van der Waals surface area contributed by atoms with Crippen LogP contribution in [0.4, 0.5) is 5.69 Å². The van der Waals surface area contributed by atoms with E-state index < -0.39 is 10.0 Å². The van der Waals surface area contributed by atoms with Crippen LogP contribution in [0.15, 0.2) is 42.5 Å². The highest BCUT2D eigenvalue weighted by Crippen LogP contribution is 2.27. The highest BCUT2D eigenvalue weighted by Gasteiger charge is 2.30. The lowest BCUT2D eigenvalue weighted by molar-refractivity contribution is 0.0736. The van der Waals surface area contributed by atoms with Gasteiger partial charge in [0.25, 0.3) is 5.91 Å². The van der Waals surface area contributed by atoms with Gasteiger partial charge in [0.05, 0.1) is 11.9 Å². The number of benzene rings is 2. The van der Waals surface area contributed by atoms with E-state index in [9.17, 15) is 13.2 Å². The van der Waals surface area contributed by atoms with Gasteiger partial charge in [0.1, 0.15) is 0 Å². The van der Waals surface area contributed by atoms with Crippen LogP contribution in [0.2, 0.25) is 5.02 Å². The van der Waals surface area contributed by atoms with Gasteiger partial charge in [0, 0.05) is 23.2 Å². The van der Waals surface area contributed by atoms with Crippen LogP contribution in [0.5, 0.6) is 0 Å². The Balaban J connectivity index is 1.82. The lowest BCUT2D eigenvalue weighted by Gasteiger charge is -2.25. The first-order chi connectivity index (χ1) is 12.7. The molecule has 1 saturated heterocycles. The van der Waals surface area contributed by atoms with Crippen molar-refractivity contribution in [3.63, 3.8) is 0 Å². The summed E-state index contributed by atoms with van der Waals surface area (Å²) >= 11 is 6.28. The zero-order chi connectivity index (χ0) is 19.6. The zero-order valence-electron chi connectivity index (χ0n) is 15.4. The Hall–Kier alpha value is -2.05. The largest absolute Gasteiger partial charge is 0.335 e. The fourth-order valence-electron chi connectivity index (χ4n) is 3.46. The summed E-state index contributed by atoms with van der Waals surface area (Å²) in [5, 5.41) is 0.715. The van der Waals surface area contributed by atoms with Gasteiger partial charge in [-0.3, -0.25) is 9.52 Å². The third kappa shape index (κ3) is 4.82. The number of anilines is 1. The van der Waals surface area contributed by atoms with Crippen molar-refractivity contribution in [2.24, 2.45) is 0 Å². The van der Waals surface area contributed by atoms with Crippen molar-refractivity contribution >= 4 is 33.2 Å². The molecular weight excluding hydrogens is 384 g/mol. The minimum Gasteiger partial charge on any atom is -0.335 e. The van der Waals surface area contributed by atoms with Crippen molar-refractivity contribution in [2.45, 2.75) is 32.2 Å². The number of hydrogen-bond acceptors (Lipinski definition) is 3. The molecule has 27 heavy (non-hydrogen) atoms. The van der Waals surface area contributed by atoms with E-state index in [-0.39, 0.29) is 11.9 Å². The molecule has 1 heterocycles. The molecule has 0 radical (unpaired) electrons. The molecular formula is C20H23ClN2O3S. The number of rotatable bonds is 5. The Morgan fingerprint density at radius 2 is 2.00 bits per heavy atom. The van der Waals surface area contributed by atoms with Crippen molar-refractivity contribution in [1.82, 2.24) is 4.90 Å². The maximum absolute atomic E-state index is 13.1. The molecule has 1 unspecified atom stereocenters. The van der Waals surface area contributed by atoms with Gasteiger partial charge in [-0.25, -0.2) is 8.42 Å². The molecule has 2 aromatic carbocycles. The van der Waals surface area contributed by atoms with Crippen molar-refractivity contribution in [3.05, 3.63) is 64.2 Å². The highest BCUT2D eigenvalue weighted by molar-refractivity contribution is 7.92. The normalized spacial score (nSPS) is 17.1. The number of nitrogens with zero attached hydrogens (tertiary/aromatic N) is 1. The Kier molecular flexibility index (Phi) is 5.77. The average molecular weight is 407 g/mol. The van der Waals surface area contributed by atoms with Crippen molar-refractivity contribution in [2.75, 3.05) is 17.5 Å². The molecule has 0 bridgehead atoms. The summed E-state index contributed by atoms with van der Waals surface area (Å²) in [6.45, 7) is 2.49. The second-order valence-corrected chi connectivity index (χ2v) is 9.15. The minimum atomic E-state index is -3.41. The molecule has 0 spiro atoms. The average Bonchev–Trinajstić information content (AvgIpc) is 3.05. The SMILES string of the molecule is Cc1ccc(C(=O)N2CCCC2Cc2ccccc2Cl)cc1NS(C)(=O)=O. The molecule has 1 aliphatic rings. The molecule has 0 aliphatic carbocycles. The molecule has 2 aromatic rings. The van der Waals surface area contributed by atoms with Gasteiger partial charge in [-0.2, -0.15) is 0 Å². The van der Waals surface area contributed by atoms with Crippen molar-refractivity contribution < 1.29 is 13.2 Å². The molecule has 1 atom stereocenters. The monoisotopic (exact) mass is 406 g/mol. The maximum atomic E-state index is 13.1. The van der Waals surface area contributed by atoms with Crippen molar-refractivity contribution in [1.29, 1.82) is 0 Å². The number of amides is 1. The van der Waals surface area contributed by atoms with E-state index in [1.54, 1.807) is 25.1 Å². The summed E-state index contributed by atoms with van der Waals surface area (Å²) in [5.41, 5.74) is 2.72. The fourth-order valence-corrected chi connectivity index (χ4v) is 4.30. The number of sulfonamides is 1. The quantitative estimate of drug-likeness (QED) is 0.819. The second-order valence-electron chi connectivity index (χ2n) is 6.99. The topological polar surface area (TPSA) is 66.5 Å². The molecule has 0 aromatic heterocycles. The van der Waals surface area contributed by atoms with E-state index in [1.165, 1.54) is 0 Å². The van der Waals surface area contributed by atoms with E-state index in [0.29, 0.717) is 29.2 Å². The number of nitrogens with one attached hydrogen (secondary N) is 1. The number of likely N-dealkylation sites (tertiary alicyclic amines) is 1. The molecule has 3 rings (SSSR count). The number of carbonyl (C=O) groups is 1. The van der Waals surface area contributed by atoms with Gasteiger partial charge in [-0.15, -0.1) is 0 Å². The Bertz CT molecular complexity index is 959. The number of aryl methyl sites for hydroxylation is 1. The molecule has 1 N–H and O–H groups in total. The zero-order valence-corrected chi connectivity index (χ0v) is 17.0. The third-order valence-electron chi connectivity index (χ3n) is 4.83. The van der Waals surface area contributed by atoms with E-state index in [0.717, 1.165) is 30.2 Å². The van der Waals surface area contributed by atoms with E-state index in [4.69, 9.17) is 11.6 Å². The highest BCUT2D eigenvalue weighted by atomic mass is 35.5. The van der Waals surface area contributed by atoms with Crippen LogP contribution < -0.4 is 4.72 Å². The predicted octanol–water partition coefficient (Wildman–Crippen LogP) is 3.87.